The number of primary amides is 2. The van der Waals surface area contributed by atoms with Crippen LogP contribution in [0, 0.1) is 5.92 Å². The predicted molar refractivity (Wildman–Crippen MR) is 390 cm³/mol. The van der Waals surface area contributed by atoms with Crippen molar-refractivity contribution in [3.63, 3.8) is 0 Å². The lowest BCUT2D eigenvalue weighted by atomic mass is 9.99. The van der Waals surface area contributed by atoms with Crippen LogP contribution < -0.4 is 76.1 Å². The van der Waals surface area contributed by atoms with Crippen molar-refractivity contribution in [1.82, 2.24) is 63.1 Å². The number of likely N-dealkylation sites (tertiary alicyclic amines) is 1. The number of Topliss-reactive ketones (excluding diaryl/α,β-unsaturated/α-hetero) is 1. The molecule has 0 unspecified atom stereocenters. The Bertz CT molecular complexity index is 3770. The molecule has 31 nitrogen and oxygen atoms in total. The number of carbonyl (C=O) groups is 12. The molecule has 6 rings (SSSR count). The van der Waals surface area contributed by atoms with Gasteiger partial charge in [-0.2, -0.15) is 0 Å². The molecule has 12 amide bonds. The molecular formula is C72H98ClN17O14. The van der Waals surface area contributed by atoms with Gasteiger partial charge in [0.2, 0.25) is 59.1 Å². The number of aliphatic hydroxyl groups excluding tert-OH is 1. The molecule has 5 aromatic rings. The van der Waals surface area contributed by atoms with E-state index in [1.165, 1.54) is 50.2 Å². The van der Waals surface area contributed by atoms with Crippen LogP contribution >= 0.6 is 11.6 Å². The molecule has 0 saturated carbocycles. The molecule has 10 atom stereocenters. The molecule has 32 heteroatoms. The smallest absolute Gasteiger partial charge is 0.312 e. The molecule has 104 heavy (non-hydrogen) atoms. The van der Waals surface area contributed by atoms with Gasteiger partial charge in [0.25, 0.3) is 0 Å². The molecule has 2 heterocycles. The molecule has 1 fully saturated rings. The van der Waals surface area contributed by atoms with Crippen LogP contribution in [0.4, 0.5) is 4.79 Å². The van der Waals surface area contributed by atoms with Crippen molar-refractivity contribution in [2.45, 2.75) is 166 Å². The number of aliphatic imine (C=N–C) groups is 1. The Morgan fingerprint density at radius 3 is 1.67 bits per heavy atom. The highest BCUT2D eigenvalue weighted by Crippen LogP contribution is 2.22. The van der Waals surface area contributed by atoms with Gasteiger partial charge in [-0.25, -0.2) is 4.79 Å². The second-order valence-electron chi connectivity index (χ2n) is 25.7. The van der Waals surface area contributed by atoms with Crippen LogP contribution in [0.25, 0.3) is 10.8 Å². The Balaban J connectivity index is 0.000000394. The lowest BCUT2D eigenvalue weighted by molar-refractivity contribution is -0.142. The van der Waals surface area contributed by atoms with Crippen molar-refractivity contribution in [3.05, 3.63) is 143 Å². The third-order valence-electron chi connectivity index (χ3n) is 16.9. The average Bonchev–Trinajstić information content (AvgIpc) is 1.58. The van der Waals surface area contributed by atoms with Gasteiger partial charge in [-0.05, 0) is 142 Å². The average molecular weight is 1460 g/mol. The van der Waals surface area contributed by atoms with Gasteiger partial charge >= 0.3 is 6.03 Å². The Kier molecular flexibility index (Phi) is 34.3. The number of likely N-dealkylation sites (N-methyl/N-ethyl adjacent to an activating group) is 1. The number of urea groups is 1. The van der Waals surface area contributed by atoms with Gasteiger partial charge in [0.1, 0.15) is 54.1 Å². The monoisotopic (exact) mass is 1460 g/mol. The van der Waals surface area contributed by atoms with E-state index in [9.17, 15) is 67.7 Å². The van der Waals surface area contributed by atoms with E-state index >= 15 is 0 Å². The quantitative estimate of drug-likeness (QED) is 0.0140. The van der Waals surface area contributed by atoms with E-state index in [-0.39, 0.29) is 75.1 Å². The summed E-state index contributed by atoms with van der Waals surface area (Å²) in [6.07, 6.45) is 5.68. The number of aromatic hydroxyl groups is 1. The van der Waals surface area contributed by atoms with E-state index in [0.717, 1.165) is 16.3 Å². The zero-order chi connectivity index (χ0) is 76.6. The van der Waals surface area contributed by atoms with Crippen LogP contribution in [0.3, 0.4) is 0 Å². The molecule has 0 bridgehead atoms. The number of hydrogen-bond acceptors (Lipinski definition) is 17. The largest absolute Gasteiger partial charge is 0.508 e. The Morgan fingerprint density at radius 1 is 0.587 bits per heavy atom. The standard InChI is InChI=1S/C45H47ClN6O8.C27H51N11O6/c1-27(54)37(21-30-12-17-36(56)18-13-30)49-45(60)41(26-53)52-44(59)40(24-32-6-5-19-47-25-32)51-43(58)39(22-29-10-15-35(46)16-11-29)50-42(57)38(48-28(2)55)23-31-9-14-33-7-3-4-8-34(33)20-31;1-15(2)14-19(37-22(40)17(32-4)8-5-12-34-27(31)44)23(41)36-18(9-6-11-33-26(29)30)25(43)38-13-7-10-20(38)24(42)35-16(3)21(28)39/h3-20,25,37-41,53,56H,21-24,26H2,1-2H3,(H,48,55)(H,49,60)(H,50,57)(H,51,58)(H,52,59);15-20,32H,5-14H2,1-4H3,(H2,28,39)(H,35,42)(H,36,41)(H,37,40)(H4,29,30,33)(H3,31,34,44)/t37-,38+,39+,40+,41-;16-,17-,18+,19+,20-/m01/s1. The van der Waals surface area contributed by atoms with Gasteiger partial charge in [0.15, 0.2) is 11.7 Å². The number of rotatable bonds is 38. The van der Waals surface area contributed by atoms with Crippen molar-refractivity contribution in [3.8, 4) is 5.75 Å². The van der Waals surface area contributed by atoms with E-state index in [1.54, 1.807) is 55.6 Å². The van der Waals surface area contributed by atoms with Gasteiger partial charge in [-0.3, -0.25) is 62.7 Å². The summed E-state index contributed by atoms with van der Waals surface area (Å²) in [5.74, 6) is -6.66. The van der Waals surface area contributed by atoms with E-state index in [2.05, 4.69) is 63.1 Å². The number of carbonyl (C=O) groups excluding carboxylic acids is 12. The molecule has 0 aliphatic carbocycles. The zero-order valence-corrected chi connectivity index (χ0v) is 60.0. The van der Waals surface area contributed by atoms with Crippen LogP contribution in [-0.2, 0) is 78.4 Å². The number of hydrogen-bond donors (Lipinski definition) is 16. The second kappa shape index (κ2) is 42.6. The summed E-state index contributed by atoms with van der Waals surface area (Å²) in [7, 11) is 1.61. The number of benzene rings is 4. The van der Waals surface area contributed by atoms with Gasteiger partial charge in [-0.15, -0.1) is 0 Å². The number of nitrogens with two attached hydrogens (primary N) is 4. The van der Waals surface area contributed by atoms with Crippen molar-refractivity contribution in [2.24, 2.45) is 33.8 Å². The van der Waals surface area contributed by atoms with Crippen LogP contribution in [-0.4, -0.2) is 191 Å². The third-order valence-corrected chi connectivity index (χ3v) is 17.1. The number of guanidine groups is 1. The maximum absolute atomic E-state index is 14.3. The molecule has 1 aliphatic rings. The maximum Gasteiger partial charge on any atom is 0.312 e. The first-order valence-electron chi connectivity index (χ1n) is 34.2. The van der Waals surface area contributed by atoms with Crippen molar-refractivity contribution < 1.29 is 67.7 Å². The minimum Gasteiger partial charge on any atom is -0.508 e. The molecule has 1 saturated heterocycles. The summed E-state index contributed by atoms with van der Waals surface area (Å²) in [6.45, 7) is 7.77. The number of amides is 12. The highest BCUT2D eigenvalue weighted by Gasteiger charge is 2.40. The van der Waals surface area contributed by atoms with E-state index in [1.807, 2.05) is 56.3 Å². The third kappa shape index (κ3) is 28.6. The molecule has 562 valence electrons. The fourth-order valence-corrected chi connectivity index (χ4v) is 11.5. The normalized spacial score (nSPS) is 15.0. The minimum absolute atomic E-state index is 0.0220. The van der Waals surface area contributed by atoms with Gasteiger partial charge < -0.3 is 91.2 Å². The van der Waals surface area contributed by atoms with Crippen molar-refractivity contribution in [1.29, 1.82) is 0 Å². The summed E-state index contributed by atoms with van der Waals surface area (Å²) >= 11 is 6.13. The molecule has 4 aromatic carbocycles. The number of nitrogens with one attached hydrogen (secondary N) is 10. The van der Waals surface area contributed by atoms with Crippen molar-refractivity contribution >= 4 is 99.2 Å². The van der Waals surface area contributed by atoms with Crippen LogP contribution in [0.15, 0.2) is 121 Å². The number of aromatic nitrogens is 1. The lowest BCUT2D eigenvalue weighted by Gasteiger charge is -2.30. The number of ketones is 1. The first-order valence-corrected chi connectivity index (χ1v) is 34.6. The number of aliphatic hydroxyl groups is 1. The molecule has 1 aromatic heterocycles. The summed E-state index contributed by atoms with van der Waals surface area (Å²) in [5.41, 5.74) is 23.8. The topological polar surface area (TPSA) is 498 Å². The Labute approximate surface area is 608 Å². The maximum atomic E-state index is 14.3. The number of nitrogens with zero attached hydrogens (tertiary/aromatic N) is 3. The predicted octanol–water partition coefficient (Wildman–Crippen LogP) is -0.0372. The number of halogens is 1. The van der Waals surface area contributed by atoms with Gasteiger partial charge in [0.05, 0.1) is 18.7 Å². The first-order chi connectivity index (χ1) is 49.4. The summed E-state index contributed by atoms with van der Waals surface area (Å²) < 4.78 is 0. The van der Waals surface area contributed by atoms with E-state index < -0.39 is 132 Å². The van der Waals surface area contributed by atoms with Crippen LogP contribution in [0.1, 0.15) is 102 Å². The highest BCUT2D eigenvalue weighted by atomic mass is 35.5. The molecule has 0 radical (unpaired) electrons. The molecule has 20 N–H and O–H groups in total. The zero-order valence-electron chi connectivity index (χ0n) is 59.2. The molecular weight excluding hydrogens is 1360 g/mol. The van der Waals surface area contributed by atoms with Crippen molar-refractivity contribution in [2.75, 3.05) is 33.3 Å². The van der Waals surface area contributed by atoms with Crippen LogP contribution in [0.5, 0.6) is 5.75 Å². The number of phenolic OH excluding ortho intramolecular Hbond substituents is 1. The Morgan fingerprint density at radius 2 is 1.11 bits per heavy atom. The van der Waals surface area contributed by atoms with Gasteiger partial charge in [-0.1, -0.05) is 98.2 Å². The SMILES string of the molecule is CC(=O)N[C@H](Cc1ccc2ccccc2c1)C(=O)N[C@H](Cc1ccc(Cl)cc1)C(=O)N[C@H](Cc1cccnc1)C(=O)N[C@@H](CO)C(=O)N[C@@H](Cc1ccc(O)cc1)C(C)=O.CN[C@H](CCCNC(N)=O)C(=O)N[C@@H](CC(C)C)C(=O)N[C@@H](CCCN=C(N)N)C(=O)N1CCC[C@@H]1C(=O)N[C@H](C)C(N)=O. The van der Waals surface area contributed by atoms with E-state index in [0.29, 0.717) is 60.2 Å². The lowest BCUT2D eigenvalue weighted by Crippen LogP contribution is -2.60. The minimum atomic E-state index is -1.52. The summed E-state index contributed by atoms with van der Waals surface area (Å²) in [4.78, 5) is 166. The second-order valence-corrected chi connectivity index (χ2v) is 26.2. The number of pyridine rings is 1. The summed E-state index contributed by atoms with van der Waals surface area (Å²) in [5, 5.41) is 49.0. The van der Waals surface area contributed by atoms with E-state index in [4.69, 9.17) is 34.5 Å². The van der Waals surface area contributed by atoms with Gasteiger partial charge in [0, 0.05) is 63.2 Å². The summed E-state index contributed by atoms with van der Waals surface area (Å²) in [6, 6.07) is 18.2. The number of phenols is 1. The molecule has 1 aliphatic heterocycles. The highest BCUT2D eigenvalue weighted by molar-refractivity contribution is 6.30. The number of fused-ring (bicyclic) bond motifs is 1. The Hall–Kier alpha value is -10.8. The fraction of sp³-hybridized carbons (Fsp3) is 0.444. The van der Waals surface area contributed by atoms with Crippen LogP contribution in [0.2, 0.25) is 5.02 Å². The first kappa shape index (κ1) is 83.9. The fourth-order valence-electron chi connectivity index (χ4n) is 11.3. The molecule has 0 spiro atoms.